The molecule has 0 unspecified atom stereocenters. The van der Waals surface area contributed by atoms with Gasteiger partial charge in [0, 0.05) is 5.02 Å². The van der Waals surface area contributed by atoms with E-state index in [-0.39, 0.29) is 0 Å². The van der Waals surface area contributed by atoms with Crippen LogP contribution in [-0.2, 0) is 9.53 Å². The standard InChI is InChI=1S/C15H19ClO3/c1-10(2)4-9-13(15(18)19-3)14(17)11-5-7-12(16)8-6-11/h4-8,13-14,17H,9H2,1-3H3/t13-,14+/m0/s1. The number of allylic oxidation sites excluding steroid dienone is 2. The van der Waals surface area contributed by atoms with Crippen molar-refractivity contribution in [1.29, 1.82) is 0 Å². The summed E-state index contributed by atoms with van der Waals surface area (Å²) in [6.45, 7) is 3.89. The lowest BCUT2D eigenvalue weighted by Crippen LogP contribution is -2.23. The molecule has 1 rings (SSSR count). The molecule has 0 fully saturated rings. The molecule has 0 saturated heterocycles. The van der Waals surface area contributed by atoms with E-state index in [9.17, 15) is 9.90 Å². The Morgan fingerprint density at radius 2 is 1.95 bits per heavy atom. The number of esters is 1. The number of methoxy groups -OCH3 is 1. The molecule has 0 heterocycles. The van der Waals surface area contributed by atoms with Crippen molar-refractivity contribution in [1.82, 2.24) is 0 Å². The maximum atomic E-state index is 11.8. The van der Waals surface area contributed by atoms with Crippen molar-refractivity contribution in [3.63, 3.8) is 0 Å². The summed E-state index contributed by atoms with van der Waals surface area (Å²) in [6, 6.07) is 6.81. The van der Waals surface area contributed by atoms with Gasteiger partial charge in [0.1, 0.15) is 0 Å². The summed E-state index contributed by atoms with van der Waals surface area (Å²) in [7, 11) is 1.33. The summed E-state index contributed by atoms with van der Waals surface area (Å²) in [5, 5.41) is 10.9. The van der Waals surface area contributed by atoms with Crippen LogP contribution in [0.4, 0.5) is 0 Å². The molecule has 0 aliphatic carbocycles. The van der Waals surface area contributed by atoms with Crippen molar-refractivity contribution in [2.45, 2.75) is 26.4 Å². The van der Waals surface area contributed by atoms with Crippen LogP contribution in [0.25, 0.3) is 0 Å². The Morgan fingerprint density at radius 3 is 2.42 bits per heavy atom. The average Bonchev–Trinajstić information content (AvgIpc) is 2.38. The second kappa shape index (κ2) is 7.31. The van der Waals surface area contributed by atoms with Gasteiger partial charge >= 0.3 is 5.97 Å². The Morgan fingerprint density at radius 1 is 1.37 bits per heavy atom. The molecule has 0 aliphatic heterocycles. The average molecular weight is 283 g/mol. The molecular formula is C15H19ClO3. The van der Waals surface area contributed by atoms with E-state index in [0.717, 1.165) is 5.57 Å². The monoisotopic (exact) mass is 282 g/mol. The maximum absolute atomic E-state index is 11.8. The molecule has 19 heavy (non-hydrogen) atoms. The Balaban J connectivity index is 2.93. The summed E-state index contributed by atoms with van der Waals surface area (Å²) in [5.74, 6) is -1.03. The number of aliphatic hydroxyl groups excluding tert-OH is 1. The third kappa shape index (κ3) is 4.69. The predicted molar refractivity (Wildman–Crippen MR) is 76.0 cm³/mol. The van der Waals surface area contributed by atoms with E-state index >= 15 is 0 Å². The quantitative estimate of drug-likeness (QED) is 0.664. The van der Waals surface area contributed by atoms with E-state index in [1.165, 1.54) is 7.11 Å². The first-order valence-corrected chi connectivity index (χ1v) is 6.48. The van der Waals surface area contributed by atoms with Crippen LogP contribution in [0.5, 0.6) is 0 Å². The van der Waals surface area contributed by atoms with Crippen LogP contribution in [0.3, 0.4) is 0 Å². The van der Waals surface area contributed by atoms with Gasteiger partial charge in [-0.25, -0.2) is 0 Å². The van der Waals surface area contributed by atoms with Crippen LogP contribution in [0, 0.1) is 5.92 Å². The van der Waals surface area contributed by atoms with Crippen LogP contribution in [0.2, 0.25) is 5.02 Å². The van der Waals surface area contributed by atoms with E-state index in [1.807, 2.05) is 19.9 Å². The van der Waals surface area contributed by atoms with Gasteiger partial charge in [0.05, 0.1) is 19.1 Å². The van der Waals surface area contributed by atoms with E-state index < -0.39 is 18.0 Å². The molecule has 0 radical (unpaired) electrons. The molecule has 0 amide bonds. The zero-order valence-corrected chi connectivity index (χ0v) is 12.1. The molecule has 1 aromatic carbocycles. The van der Waals surface area contributed by atoms with Crippen molar-refractivity contribution in [3.05, 3.63) is 46.5 Å². The number of ether oxygens (including phenoxy) is 1. The Hall–Kier alpha value is -1.32. The van der Waals surface area contributed by atoms with Gasteiger partial charge in [-0.2, -0.15) is 0 Å². The van der Waals surface area contributed by atoms with Crippen LogP contribution < -0.4 is 0 Å². The Bertz CT molecular complexity index is 447. The van der Waals surface area contributed by atoms with E-state index in [2.05, 4.69) is 0 Å². The number of aliphatic hydroxyl groups is 1. The van der Waals surface area contributed by atoms with Gasteiger partial charge in [-0.15, -0.1) is 0 Å². The number of carbonyl (C=O) groups is 1. The van der Waals surface area contributed by atoms with Gasteiger partial charge in [-0.3, -0.25) is 4.79 Å². The lowest BCUT2D eigenvalue weighted by atomic mass is 9.92. The summed E-state index contributed by atoms with van der Waals surface area (Å²) in [4.78, 5) is 11.8. The predicted octanol–water partition coefficient (Wildman–Crippen LogP) is 3.52. The second-order valence-electron chi connectivity index (χ2n) is 4.64. The van der Waals surface area contributed by atoms with Gasteiger partial charge in [-0.1, -0.05) is 35.4 Å². The van der Waals surface area contributed by atoms with Gasteiger partial charge < -0.3 is 9.84 Å². The SMILES string of the molecule is COC(=O)[C@@H](CC=C(C)C)[C@H](O)c1ccc(Cl)cc1. The minimum atomic E-state index is -0.902. The fourth-order valence-electron chi connectivity index (χ4n) is 1.76. The Labute approximate surface area is 118 Å². The minimum absolute atomic E-state index is 0.417. The molecule has 1 N–H and O–H groups in total. The van der Waals surface area contributed by atoms with Gasteiger partial charge in [-0.05, 0) is 38.0 Å². The first kappa shape index (κ1) is 15.7. The van der Waals surface area contributed by atoms with Gasteiger partial charge in [0.15, 0.2) is 0 Å². The number of hydrogen-bond donors (Lipinski definition) is 1. The highest BCUT2D eigenvalue weighted by Crippen LogP contribution is 2.27. The molecule has 0 aromatic heterocycles. The van der Waals surface area contributed by atoms with Crippen LogP contribution in [0.1, 0.15) is 31.9 Å². The highest BCUT2D eigenvalue weighted by atomic mass is 35.5. The van der Waals surface area contributed by atoms with Crippen molar-refractivity contribution >= 4 is 17.6 Å². The van der Waals surface area contributed by atoms with Crippen molar-refractivity contribution in [2.75, 3.05) is 7.11 Å². The van der Waals surface area contributed by atoms with Crippen LogP contribution >= 0.6 is 11.6 Å². The van der Waals surface area contributed by atoms with Crippen molar-refractivity contribution < 1.29 is 14.6 Å². The Kier molecular flexibility index (Phi) is 6.06. The zero-order valence-electron chi connectivity index (χ0n) is 11.4. The summed E-state index contributed by atoms with van der Waals surface area (Å²) < 4.78 is 4.76. The summed E-state index contributed by atoms with van der Waals surface area (Å²) >= 11 is 5.81. The minimum Gasteiger partial charge on any atom is -0.469 e. The third-order valence-corrected chi connectivity index (χ3v) is 3.13. The van der Waals surface area contributed by atoms with Crippen molar-refractivity contribution in [3.8, 4) is 0 Å². The van der Waals surface area contributed by atoms with E-state index in [1.54, 1.807) is 24.3 Å². The highest BCUT2D eigenvalue weighted by molar-refractivity contribution is 6.30. The molecule has 3 nitrogen and oxygen atoms in total. The van der Waals surface area contributed by atoms with Gasteiger partial charge in [0.25, 0.3) is 0 Å². The molecule has 2 atom stereocenters. The van der Waals surface area contributed by atoms with Crippen LogP contribution in [0.15, 0.2) is 35.9 Å². The van der Waals surface area contributed by atoms with E-state index in [4.69, 9.17) is 16.3 Å². The number of benzene rings is 1. The summed E-state index contributed by atoms with van der Waals surface area (Å²) in [6.07, 6.45) is 1.46. The topological polar surface area (TPSA) is 46.5 Å². The zero-order chi connectivity index (χ0) is 14.4. The first-order valence-electron chi connectivity index (χ1n) is 6.10. The first-order chi connectivity index (χ1) is 8.95. The van der Waals surface area contributed by atoms with Gasteiger partial charge in [0.2, 0.25) is 0 Å². The molecule has 1 aromatic rings. The molecule has 4 heteroatoms. The molecule has 104 valence electrons. The lowest BCUT2D eigenvalue weighted by molar-refractivity contribution is -0.149. The largest absolute Gasteiger partial charge is 0.469 e. The molecule has 0 aliphatic rings. The molecular weight excluding hydrogens is 264 g/mol. The third-order valence-electron chi connectivity index (χ3n) is 2.88. The fraction of sp³-hybridized carbons (Fsp3) is 0.400. The normalized spacial score (nSPS) is 13.5. The van der Waals surface area contributed by atoms with E-state index in [0.29, 0.717) is 17.0 Å². The summed E-state index contributed by atoms with van der Waals surface area (Å²) in [5.41, 5.74) is 1.75. The fourth-order valence-corrected chi connectivity index (χ4v) is 1.89. The second-order valence-corrected chi connectivity index (χ2v) is 5.08. The number of carbonyl (C=O) groups excluding carboxylic acids is 1. The molecule has 0 spiro atoms. The smallest absolute Gasteiger partial charge is 0.311 e. The highest BCUT2D eigenvalue weighted by Gasteiger charge is 2.27. The maximum Gasteiger partial charge on any atom is 0.311 e. The van der Waals surface area contributed by atoms with Crippen LogP contribution in [-0.4, -0.2) is 18.2 Å². The molecule has 0 bridgehead atoms. The molecule has 0 saturated carbocycles. The number of hydrogen-bond acceptors (Lipinski definition) is 3. The lowest BCUT2D eigenvalue weighted by Gasteiger charge is -2.20. The van der Waals surface area contributed by atoms with Crippen molar-refractivity contribution in [2.24, 2.45) is 5.92 Å². The number of rotatable bonds is 5. The number of halogens is 1.